The predicted molar refractivity (Wildman–Crippen MR) is 117 cm³/mol. The number of benzene rings is 2. The van der Waals surface area contributed by atoms with Gasteiger partial charge in [-0.2, -0.15) is 0 Å². The molecule has 1 N–H and O–H groups in total. The third-order valence-corrected chi connectivity index (χ3v) is 5.35. The number of nitrogens with one attached hydrogen (secondary N) is 1. The Hall–Kier alpha value is -3.00. The van der Waals surface area contributed by atoms with Gasteiger partial charge in [0.25, 0.3) is 5.69 Å². The fourth-order valence-corrected chi connectivity index (χ4v) is 3.62. The number of nitro groups is 1. The van der Waals surface area contributed by atoms with Crippen molar-refractivity contribution in [3.63, 3.8) is 0 Å². The van der Waals surface area contributed by atoms with Crippen LogP contribution in [0.4, 0.5) is 16.2 Å². The third kappa shape index (κ3) is 5.54. The highest BCUT2D eigenvalue weighted by Crippen LogP contribution is 2.31. The summed E-state index contributed by atoms with van der Waals surface area (Å²) < 4.78 is 5.15. The third-order valence-electron chi connectivity index (χ3n) is 5.12. The number of nitrogens with zero attached hydrogens (tertiary/aromatic N) is 3. The summed E-state index contributed by atoms with van der Waals surface area (Å²) in [4.78, 5) is 27.0. The first-order valence-corrected chi connectivity index (χ1v) is 10.2. The van der Waals surface area contributed by atoms with Crippen LogP contribution in [0.1, 0.15) is 12.0 Å². The first-order chi connectivity index (χ1) is 14.5. The van der Waals surface area contributed by atoms with E-state index in [9.17, 15) is 14.9 Å². The van der Waals surface area contributed by atoms with Gasteiger partial charge < -0.3 is 19.9 Å². The molecule has 2 aromatic carbocycles. The van der Waals surface area contributed by atoms with Crippen molar-refractivity contribution in [2.45, 2.75) is 12.8 Å². The van der Waals surface area contributed by atoms with Gasteiger partial charge in [-0.05, 0) is 42.7 Å². The Kier molecular flexibility index (Phi) is 7.35. The highest BCUT2D eigenvalue weighted by atomic mass is 35.5. The average Bonchev–Trinajstić information content (AvgIpc) is 2.77. The zero-order valence-electron chi connectivity index (χ0n) is 16.8. The summed E-state index contributed by atoms with van der Waals surface area (Å²) in [7, 11) is 1.64. The molecule has 0 saturated carbocycles. The normalized spacial score (nSPS) is 13.8. The number of carbonyl (C=O) groups excluding carboxylic acids is 1. The number of piperazine rings is 1. The number of urea groups is 1. The molecule has 1 aliphatic rings. The molecule has 0 spiro atoms. The number of ether oxygens (including phenoxy) is 1. The molecular formula is C21H25ClN4O4. The fourth-order valence-electron chi connectivity index (χ4n) is 3.45. The minimum Gasteiger partial charge on any atom is -0.497 e. The summed E-state index contributed by atoms with van der Waals surface area (Å²) in [5.41, 5.74) is 1.71. The second-order valence-electron chi connectivity index (χ2n) is 7.05. The molecule has 1 saturated heterocycles. The van der Waals surface area contributed by atoms with Crippen LogP contribution >= 0.6 is 11.6 Å². The van der Waals surface area contributed by atoms with E-state index in [0.29, 0.717) is 43.4 Å². The molecule has 30 heavy (non-hydrogen) atoms. The summed E-state index contributed by atoms with van der Waals surface area (Å²) in [6.07, 6.45) is 1.72. The molecule has 8 nitrogen and oxygen atoms in total. The zero-order valence-corrected chi connectivity index (χ0v) is 17.6. The van der Waals surface area contributed by atoms with Crippen LogP contribution in [-0.2, 0) is 6.42 Å². The fraction of sp³-hybridized carbons (Fsp3) is 0.381. The number of hydrogen-bond donors (Lipinski definition) is 1. The van der Waals surface area contributed by atoms with Crippen LogP contribution in [0.5, 0.6) is 5.75 Å². The first kappa shape index (κ1) is 21.7. The van der Waals surface area contributed by atoms with Crippen LogP contribution in [-0.4, -0.2) is 55.7 Å². The van der Waals surface area contributed by atoms with Crippen LogP contribution in [0.15, 0.2) is 42.5 Å². The second kappa shape index (κ2) is 10.2. The van der Waals surface area contributed by atoms with Gasteiger partial charge in [0.05, 0.1) is 12.0 Å². The zero-order chi connectivity index (χ0) is 21.5. The Morgan fingerprint density at radius 1 is 1.17 bits per heavy atom. The van der Waals surface area contributed by atoms with E-state index in [1.165, 1.54) is 11.6 Å². The molecule has 0 aromatic heterocycles. The number of methoxy groups -OCH3 is 1. The lowest BCUT2D eigenvalue weighted by molar-refractivity contribution is -0.384. The van der Waals surface area contributed by atoms with Crippen molar-refractivity contribution < 1.29 is 14.5 Å². The highest BCUT2D eigenvalue weighted by molar-refractivity contribution is 6.30. The number of rotatable bonds is 7. The molecule has 0 aliphatic carbocycles. The molecule has 0 radical (unpaired) electrons. The van der Waals surface area contributed by atoms with Gasteiger partial charge in [-0.1, -0.05) is 23.7 Å². The van der Waals surface area contributed by atoms with E-state index in [0.717, 1.165) is 18.6 Å². The lowest BCUT2D eigenvalue weighted by Crippen LogP contribution is -2.52. The van der Waals surface area contributed by atoms with Crippen LogP contribution in [0.2, 0.25) is 5.02 Å². The number of aryl methyl sites for hydroxylation is 1. The quantitative estimate of drug-likeness (QED) is 0.409. The monoisotopic (exact) mass is 432 g/mol. The Morgan fingerprint density at radius 3 is 2.50 bits per heavy atom. The maximum Gasteiger partial charge on any atom is 0.317 e. The van der Waals surface area contributed by atoms with Gasteiger partial charge in [0.1, 0.15) is 11.4 Å². The molecular weight excluding hydrogens is 408 g/mol. The van der Waals surface area contributed by atoms with Crippen molar-refractivity contribution in [2.75, 3.05) is 44.7 Å². The number of carbonyl (C=O) groups is 1. The molecule has 2 amide bonds. The van der Waals surface area contributed by atoms with Crippen molar-refractivity contribution in [1.29, 1.82) is 0 Å². The predicted octanol–water partition coefficient (Wildman–Crippen LogP) is 3.72. The van der Waals surface area contributed by atoms with E-state index in [-0.39, 0.29) is 11.7 Å². The Bertz CT molecular complexity index is 883. The molecule has 1 aliphatic heterocycles. The van der Waals surface area contributed by atoms with E-state index in [1.54, 1.807) is 24.1 Å². The molecule has 0 atom stereocenters. The smallest absolute Gasteiger partial charge is 0.317 e. The van der Waals surface area contributed by atoms with Gasteiger partial charge in [-0.15, -0.1) is 0 Å². The van der Waals surface area contributed by atoms with Crippen LogP contribution in [0, 0.1) is 10.1 Å². The van der Waals surface area contributed by atoms with Gasteiger partial charge in [0.2, 0.25) is 0 Å². The van der Waals surface area contributed by atoms with Crippen molar-refractivity contribution in [2.24, 2.45) is 0 Å². The molecule has 160 valence electrons. The van der Waals surface area contributed by atoms with Gasteiger partial charge in [0, 0.05) is 43.8 Å². The molecule has 1 heterocycles. The standard InChI is InChI=1S/C21H25ClN4O4/c1-30-18-7-4-16(5-8-18)3-2-10-23-21(27)25-13-11-24(12-14-25)19-9-6-17(22)15-20(19)26(28)29/h4-9,15H,2-3,10-14H2,1H3,(H,23,27). The SMILES string of the molecule is COc1ccc(CCCNC(=O)N2CCN(c3ccc(Cl)cc3[N+](=O)[O-])CC2)cc1. The summed E-state index contributed by atoms with van der Waals surface area (Å²) in [6, 6.07) is 12.5. The maximum absolute atomic E-state index is 12.4. The van der Waals surface area contributed by atoms with Crippen LogP contribution in [0.3, 0.4) is 0 Å². The van der Waals surface area contributed by atoms with Crippen molar-refractivity contribution in [1.82, 2.24) is 10.2 Å². The van der Waals surface area contributed by atoms with E-state index < -0.39 is 4.92 Å². The molecule has 0 unspecified atom stereocenters. The number of anilines is 1. The maximum atomic E-state index is 12.4. The minimum atomic E-state index is -0.427. The summed E-state index contributed by atoms with van der Waals surface area (Å²) >= 11 is 5.89. The van der Waals surface area contributed by atoms with E-state index >= 15 is 0 Å². The molecule has 0 bridgehead atoms. The van der Waals surface area contributed by atoms with E-state index in [1.807, 2.05) is 29.2 Å². The molecule has 2 aromatic rings. The molecule has 1 fully saturated rings. The number of nitro benzene ring substituents is 1. The van der Waals surface area contributed by atoms with Gasteiger partial charge >= 0.3 is 6.03 Å². The van der Waals surface area contributed by atoms with Gasteiger partial charge in [0.15, 0.2) is 0 Å². The van der Waals surface area contributed by atoms with E-state index in [2.05, 4.69) is 5.32 Å². The first-order valence-electron chi connectivity index (χ1n) is 9.82. The Morgan fingerprint density at radius 2 is 1.87 bits per heavy atom. The highest BCUT2D eigenvalue weighted by Gasteiger charge is 2.25. The van der Waals surface area contributed by atoms with Gasteiger partial charge in [-0.25, -0.2) is 4.79 Å². The molecule has 3 rings (SSSR count). The second-order valence-corrected chi connectivity index (χ2v) is 7.48. The van der Waals surface area contributed by atoms with Crippen molar-refractivity contribution in [3.05, 3.63) is 63.2 Å². The van der Waals surface area contributed by atoms with Crippen molar-refractivity contribution in [3.8, 4) is 5.75 Å². The van der Waals surface area contributed by atoms with Gasteiger partial charge in [-0.3, -0.25) is 10.1 Å². The van der Waals surface area contributed by atoms with E-state index in [4.69, 9.17) is 16.3 Å². The Balaban J connectivity index is 1.43. The van der Waals surface area contributed by atoms with Crippen LogP contribution < -0.4 is 15.0 Å². The lowest BCUT2D eigenvalue weighted by Gasteiger charge is -2.35. The summed E-state index contributed by atoms with van der Waals surface area (Å²) in [6.45, 7) is 2.66. The Labute approximate surface area is 180 Å². The largest absolute Gasteiger partial charge is 0.497 e. The van der Waals surface area contributed by atoms with Crippen LogP contribution in [0.25, 0.3) is 0 Å². The summed E-state index contributed by atoms with van der Waals surface area (Å²) in [5, 5.41) is 14.6. The average molecular weight is 433 g/mol. The molecule has 9 heteroatoms. The van der Waals surface area contributed by atoms with Crippen molar-refractivity contribution >= 4 is 29.0 Å². The number of halogens is 1. The minimum absolute atomic E-state index is 0.0149. The number of amides is 2. The topological polar surface area (TPSA) is 88.0 Å². The number of hydrogen-bond acceptors (Lipinski definition) is 5. The summed E-state index contributed by atoms with van der Waals surface area (Å²) in [5.74, 6) is 0.829. The lowest BCUT2D eigenvalue weighted by atomic mass is 10.1.